The van der Waals surface area contributed by atoms with E-state index in [-0.39, 0.29) is 0 Å². The Morgan fingerprint density at radius 1 is 0.625 bits per heavy atom. The van der Waals surface area contributed by atoms with Gasteiger partial charge in [0.05, 0.1) is 33.5 Å². The SMILES string of the molecule is CN1CCN(CCCN2c3ccccc3Sc3cc(N4c5ccccc5Sc5ccc(Cl)cc54)c(Cl)cc32)CC1. The number of fused-ring (bicyclic) bond motifs is 4. The average Bonchev–Trinajstić information content (AvgIpc) is 2.97. The molecule has 0 atom stereocenters. The quantitative estimate of drug-likeness (QED) is 0.197. The molecule has 4 nitrogen and oxygen atoms in total. The first-order chi connectivity index (χ1) is 19.5. The second kappa shape index (κ2) is 11.2. The first-order valence-corrected chi connectivity index (χ1v) is 16.1. The van der Waals surface area contributed by atoms with Crippen LogP contribution in [-0.4, -0.2) is 56.1 Å². The summed E-state index contributed by atoms with van der Waals surface area (Å²) in [7, 11) is 2.21. The maximum atomic E-state index is 7.20. The predicted molar refractivity (Wildman–Crippen MR) is 171 cm³/mol. The normalized spacial score (nSPS) is 16.8. The van der Waals surface area contributed by atoms with E-state index >= 15 is 0 Å². The molecule has 0 aromatic heterocycles. The van der Waals surface area contributed by atoms with Crippen LogP contribution in [0.4, 0.5) is 28.4 Å². The van der Waals surface area contributed by atoms with Crippen LogP contribution in [0.25, 0.3) is 0 Å². The van der Waals surface area contributed by atoms with Gasteiger partial charge < -0.3 is 19.6 Å². The molecule has 0 N–H and O–H groups in total. The summed E-state index contributed by atoms with van der Waals surface area (Å²) in [5.74, 6) is 0. The van der Waals surface area contributed by atoms with E-state index in [1.165, 1.54) is 31.0 Å². The Kier molecular flexibility index (Phi) is 7.41. The second-order valence-corrected chi connectivity index (χ2v) is 13.5. The maximum absolute atomic E-state index is 7.20. The first-order valence-electron chi connectivity index (χ1n) is 13.7. The number of likely N-dealkylation sites (N-methyl/N-ethyl adjacent to an activating group) is 1. The molecule has 3 aliphatic rings. The van der Waals surface area contributed by atoms with E-state index in [0.717, 1.165) is 67.8 Å². The minimum Gasteiger partial charge on any atom is -0.340 e. The average molecular weight is 606 g/mol. The third-order valence-corrected chi connectivity index (χ3v) is 10.7. The molecule has 1 fully saturated rings. The lowest BCUT2D eigenvalue weighted by atomic mass is 10.1. The molecule has 7 rings (SSSR count). The van der Waals surface area contributed by atoms with Crippen LogP contribution in [0.5, 0.6) is 0 Å². The van der Waals surface area contributed by atoms with Gasteiger partial charge in [0, 0.05) is 57.3 Å². The van der Waals surface area contributed by atoms with Crippen molar-refractivity contribution in [2.75, 3.05) is 56.1 Å². The fourth-order valence-electron chi connectivity index (χ4n) is 5.76. The Bertz CT molecular complexity index is 1570. The number of hydrogen-bond acceptors (Lipinski definition) is 6. The molecule has 40 heavy (non-hydrogen) atoms. The van der Waals surface area contributed by atoms with Gasteiger partial charge in [-0.25, -0.2) is 0 Å². The molecule has 3 heterocycles. The van der Waals surface area contributed by atoms with E-state index in [1.54, 1.807) is 11.8 Å². The number of benzene rings is 4. The van der Waals surface area contributed by atoms with Crippen molar-refractivity contribution in [1.82, 2.24) is 9.80 Å². The lowest BCUT2D eigenvalue weighted by Crippen LogP contribution is -2.45. The predicted octanol–water partition coefficient (Wildman–Crippen LogP) is 9.17. The summed E-state index contributed by atoms with van der Waals surface area (Å²) in [5, 5.41) is 1.45. The van der Waals surface area contributed by atoms with Crippen molar-refractivity contribution in [2.24, 2.45) is 0 Å². The van der Waals surface area contributed by atoms with Crippen LogP contribution in [-0.2, 0) is 0 Å². The van der Waals surface area contributed by atoms with Crippen LogP contribution < -0.4 is 9.80 Å². The largest absolute Gasteiger partial charge is 0.340 e. The molecular weight excluding hydrogens is 575 g/mol. The minimum absolute atomic E-state index is 0.715. The van der Waals surface area contributed by atoms with Gasteiger partial charge in [-0.2, -0.15) is 0 Å². The standard InChI is InChI=1S/C32H30Cl2N4S2/c1-35-15-17-36(18-16-35)13-6-14-37-24-7-2-4-9-29(24)40-32-21-26(23(34)20-27(32)37)38-25-8-3-5-10-30(25)39-31-12-11-22(33)19-28(31)38/h2-5,7-12,19-21H,6,13-18H2,1H3. The van der Waals surface area contributed by atoms with Crippen molar-refractivity contribution in [3.05, 3.63) is 88.9 Å². The summed E-state index contributed by atoms with van der Waals surface area (Å²) in [6, 6.07) is 27.8. The van der Waals surface area contributed by atoms with E-state index < -0.39 is 0 Å². The fourth-order valence-corrected chi connectivity index (χ4v) is 8.32. The van der Waals surface area contributed by atoms with Gasteiger partial charge in [0.1, 0.15) is 0 Å². The lowest BCUT2D eigenvalue weighted by molar-refractivity contribution is 0.153. The highest BCUT2D eigenvalue weighted by molar-refractivity contribution is 8.00. The number of rotatable bonds is 5. The van der Waals surface area contributed by atoms with Crippen LogP contribution in [0.3, 0.4) is 0 Å². The Labute approximate surface area is 254 Å². The lowest BCUT2D eigenvalue weighted by Gasteiger charge is -2.37. The zero-order chi connectivity index (χ0) is 27.2. The molecular formula is C32H30Cl2N4S2. The van der Waals surface area contributed by atoms with E-state index in [1.807, 2.05) is 23.9 Å². The molecule has 0 unspecified atom stereocenters. The first kappa shape index (κ1) is 26.6. The van der Waals surface area contributed by atoms with Crippen LogP contribution in [0, 0.1) is 0 Å². The summed E-state index contributed by atoms with van der Waals surface area (Å²) >= 11 is 17.3. The fraction of sp³-hybridized carbons (Fsp3) is 0.250. The van der Waals surface area contributed by atoms with Gasteiger partial charge in [0.15, 0.2) is 0 Å². The Hall–Kier alpha value is -2.32. The Morgan fingerprint density at radius 2 is 1.30 bits per heavy atom. The van der Waals surface area contributed by atoms with Crippen molar-refractivity contribution < 1.29 is 0 Å². The summed E-state index contributed by atoms with van der Waals surface area (Å²) in [6.45, 7) is 6.66. The molecule has 3 aliphatic heterocycles. The van der Waals surface area contributed by atoms with Gasteiger partial charge >= 0.3 is 0 Å². The zero-order valence-corrected chi connectivity index (χ0v) is 25.5. The van der Waals surface area contributed by atoms with Gasteiger partial charge in [-0.1, -0.05) is 71.0 Å². The molecule has 4 aromatic carbocycles. The van der Waals surface area contributed by atoms with Crippen LogP contribution >= 0.6 is 46.7 Å². The van der Waals surface area contributed by atoms with Crippen molar-refractivity contribution in [1.29, 1.82) is 0 Å². The molecule has 0 saturated carbocycles. The number of nitrogens with zero attached hydrogens (tertiary/aromatic N) is 4. The molecule has 0 radical (unpaired) electrons. The van der Waals surface area contributed by atoms with E-state index in [4.69, 9.17) is 23.2 Å². The van der Waals surface area contributed by atoms with Gasteiger partial charge in [-0.15, -0.1) is 0 Å². The number of piperazine rings is 1. The Balaban J connectivity index is 1.26. The zero-order valence-electron chi connectivity index (χ0n) is 22.3. The van der Waals surface area contributed by atoms with Gasteiger partial charge in [-0.05, 0) is 74.6 Å². The number of hydrogen-bond donors (Lipinski definition) is 0. The second-order valence-electron chi connectivity index (χ2n) is 10.5. The molecule has 0 bridgehead atoms. The minimum atomic E-state index is 0.715. The topological polar surface area (TPSA) is 13.0 Å². The van der Waals surface area contributed by atoms with Crippen LogP contribution in [0.1, 0.15) is 6.42 Å². The summed E-state index contributed by atoms with van der Waals surface area (Å²) < 4.78 is 0. The summed E-state index contributed by atoms with van der Waals surface area (Å²) in [6.07, 6.45) is 1.10. The molecule has 4 aromatic rings. The smallest absolute Gasteiger partial charge is 0.0668 e. The van der Waals surface area contributed by atoms with E-state index in [0.29, 0.717) is 5.02 Å². The van der Waals surface area contributed by atoms with Crippen LogP contribution in [0.15, 0.2) is 98.4 Å². The third kappa shape index (κ3) is 5.00. The third-order valence-electron chi connectivity index (χ3n) is 7.88. The van der Waals surface area contributed by atoms with Gasteiger partial charge in [0.2, 0.25) is 0 Å². The van der Waals surface area contributed by atoms with Crippen molar-refractivity contribution in [3.8, 4) is 0 Å². The molecule has 1 saturated heterocycles. The van der Waals surface area contributed by atoms with E-state index in [9.17, 15) is 0 Å². The van der Waals surface area contributed by atoms with Crippen molar-refractivity contribution in [2.45, 2.75) is 26.0 Å². The monoisotopic (exact) mass is 604 g/mol. The Morgan fingerprint density at radius 3 is 2.10 bits per heavy atom. The molecule has 0 amide bonds. The van der Waals surface area contributed by atoms with E-state index in [2.05, 4.69) is 93.4 Å². The number of halogens is 2. The van der Waals surface area contributed by atoms with Gasteiger partial charge in [-0.3, -0.25) is 0 Å². The summed E-state index contributed by atoms with van der Waals surface area (Å²) in [5.41, 5.74) is 5.60. The van der Waals surface area contributed by atoms with Crippen molar-refractivity contribution in [3.63, 3.8) is 0 Å². The maximum Gasteiger partial charge on any atom is 0.0668 e. The van der Waals surface area contributed by atoms with Crippen LogP contribution in [0.2, 0.25) is 10.0 Å². The highest BCUT2D eigenvalue weighted by Gasteiger charge is 2.30. The molecule has 0 aliphatic carbocycles. The number of para-hydroxylation sites is 2. The number of anilines is 5. The highest BCUT2D eigenvalue weighted by Crippen LogP contribution is 2.56. The van der Waals surface area contributed by atoms with Gasteiger partial charge in [0.25, 0.3) is 0 Å². The molecule has 8 heteroatoms. The highest BCUT2D eigenvalue weighted by atomic mass is 35.5. The van der Waals surface area contributed by atoms with Crippen molar-refractivity contribution >= 4 is 75.2 Å². The molecule has 0 spiro atoms. The molecule has 204 valence electrons. The summed E-state index contributed by atoms with van der Waals surface area (Å²) in [4.78, 5) is 14.6.